The van der Waals surface area contributed by atoms with E-state index >= 15 is 0 Å². The molecule has 1 aliphatic heterocycles. The van der Waals surface area contributed by atoms with Crippen molar-refractivity contribution in [2.45, 2.75) is 63.9 Å². The summed E-state index contributed by atoms with van der Waals surface area (Å²) in [7, 11) is 0. The van der Waals surface area contributed by atoms with Crippen LogP contribution in [0.25, 0.3) is 0 Å². The van der Waals surface area contributed by atoms with Gasteiger partial charge in [-0.1, -0.05) is 0 Å². The van der Waals surface area contributed by atoms with Crippen molar-refractivity contribution in [2.24, 2.45) is 23.2 Å². The second-order valence-corrected chi connectivity index (χ2v) is 7.14. The second-order valence-electron chi connectivity index (χ2n) is 7.14. The minimum absolute atomic E-state index is 0.648. The first-order valence-corrected chi connectivity index (χ1v) is 7.46. The quantitative estimate of drug-likeness (QED) is 0.653. The van der Waals surface area contributed by atoms with Crippen molar-refractivity contribution in [1.82, 2.24) is 0 Å². The smallest absolute Gasteiger partial charge is 0.0631 e. The van der Waals surface area contributed by atoms with Gasteiger partial charge in [-0.05, 0) is 81.0 Å². The molecule has 5 rings (SSSR count). The van der Waals surface area contributed by atoms with Crippen molar-refractivity contribution < 1.29 is 4.74 Å². The molecule has 90 valence electrons. The van der Waals surface area contributed by atoms with Gasteiger partial charge in [-0.3, -0.25) is 0 Å². The third kappa shape index (κ3) is 1.40. The summed E-state index contributed by atoms with van der Waals surface area (Å²) in [6, 6.07) is 0. The van der Waals surface area contributed by atoms with E-state index in [0.717, 1.165) is 24.4 Å². The molecule has 4 aliphatic carbocycles. The molecule has 4 bridgehead atoms. The Bertz CT molecular complexity index is 242. The van der Waals surface area contributed by atoms with Gasteiger partial charge < -0.3 is 4.74 Å². The lowest BCUT2D eigenvalue weighted by molar-refractivity contribution is -0.154. The molecule has 5 fully saturated rings. The van der Waals surface area contributed by atoms with Crippen LogP contribution in [-0.2, 0) is 4.74 Å². The second kappa shape index (κ2) is 3.48. The highest BCUT2D eigenvalue weighted by atomic mass is 16.5. The highest BCUT2D eigenvalue weighted by molar-refractivity contribution is 5.04. The van der Waals surface area contributed by atoms with Crippen LogP contribution in [0.5, 0.6) is 0 Å². The van der Waals surface area contributed by atoms with Crippen LogP contribution in [0.4, 0.5) is 0 Å². The van der Waals surface area contributed by atoms with Crippen LogP contribution >= 0.6 is 0 Å². The summed E-state index contributed by atoms with van der Waals surface area (Å²) >= 11 is 0. The molecule has 1 nitrogen and oxygen atoms in total. The van der Waals surface area contributed by atoms with Crippen LogP contribution in [0.3, 0.4) is 0 Å². The number of hydrogen-bond donors (Lipinski definition) is 0. The first-order valence-electron chi connectivity index (χ1n) is 7.46. The lowest BCUT2D eigenvalue weighted by Gasteiger charge is -2.59. The van der Waals surface area contributed by atoms with Gasteiger partial charge in [0.1, 0.15) is 0 Å². The minimum atomic E-state index is 0.648. The summed E-state index contributed by atoms with van der Waals surface area (Å²) < 4.78 is 6.16. The van der Waals surface area contributed by atoms with Gasteiger partial charge >= 0.3 is 0 Å². The SMILES string of the molecule is C1CCC(C23CC4CC(CC(C4)C2)C3)OC1. The van der Waals surface area contributed by atoms with Gasteiger partial charge in [0.15, 0.2) is 0 Å². The highest BCUT2D eigenvalue weighted by Gasteiger charge is 2.54. The van der Waals surface area contributed by atoms with Gasteiger partial charge in [0.2, 0.25) is 0 Å². The molecule has 0 aromatic rings. The van der Waals surface area contributed by atoms with Gasteiger partial charge in [-0.15, -0.1) is 0 Å². The summed E-state index contributed by atoms with van der Waals surface area (Å²) in [4.78, 5) is 0. The molecule has 1 heterocycles. The molecule has 0 radical (unpaired) electrons. The Morgan fingerprint density at radius 3 is 1.94 bits per heavy atom. The highest BCUT2D eigenvalue weighted by Crippen LogP contribution is 2.62. The van der Waals surface area contributed by atoms with Crippen LogP contribution in [0.2, 0.25) is 0 Å². The Kier molecular flexibility index (Phi) is 2.16. The lowest BCUT2D eigenvalue weighted by atomic mass is 9.47. The fraction of sp³-hybridized carbons (Fsp3) is 1.00. The molecule has 16 heavy (non-hydrogen) atoms. The molecule has 0 aromatic heterocycles. The standard InChI is InChI=1S/C15H24O/c1-2-4-16-14(3-1)15-8-11-5-12(9-15)7-13(6-11)10-15/h11-14H,1-10H2. The van der Waals surface area contributed by atoms with Crippen molar-refractivity contribution in [1.29, 1.82) is 0 Å². The third-order valence-corrected chi connectivity index (χ3v) is 5.95. The Morgan fingerprint density at radius 2 is 1.44 bits per heavy atom. The summed E-state index contributed by atoms with van der Waals surface area (Å²) in [6.45, 7) is 1.05. The topological polar surface area (TPSA) is 9.23 Å². The largest absolute Gasteiger partial charge is 0.378 e. The molecular formula is C15H24O. The molecule has 0 N–H and O–H groups in total. The third-order valence-electron chi connectivity index (χ3n) is 5.95. The zero-order valence-electron chi connectivity index (χ0n) is 10.3. The van der Waals surface area contributed by atoms with Crippen molar-refractivity contribution >= 4 is 0 Å². The van der Waals surface area contributed by atoms with Crippen molar-refractivity contribution in [3.05, 3.63) is 0 Å². The van der Waals surface area contributed by atoms with Crippen molar-refractivity contribution in [3.63, 3.8) is 0 Å². The average molecular weight is 220 g/mol. The summed E-state index contributed by atoms with van der Waals surface area (Å²) in [5, 5.41) is 0. The van der Waals surface area contributed by atoms with E-state index in [0.29, 0.717) is 11.5 Å². The number of hydrogen-bond acceptors (Lipinski definition) is 1. The average Bonchev–Trinajstić information content (AvgIpc) is 2.28. The molecule has 1 atom stereocenters. The van der Waals surface area contributed by atoms with Gasteiger partial charge in [-0.2, -0.15) is 0 Å². The van der Waals surface area contributed by atoms with Gasteiger partial charge in [0.05, 0.1) is 6.10 Å². The van der Waals surface area contributed by atoms with Gasteiger partial charge in [0, 0.05) is 6.61 Å². The first kappa shape index (κ1) is 9.94. The molecule has 5 aliphatic rings. The molecule has 1 heteroatoms. The predicted octanol–water partition coefficient (Wildman–Crippen LogP) is 3.77. The minimum Gasteiger partial charge on any atom is -0.378 e. The Morgan fingerprint density at radius 1 is 0.812 bits per heavy atom. The Balaban J connectivity index is 1.60. The Labute approximate surface area is 98.9 Å². The number of ether oxygens (including phenoxy) is 1. The molecule has 1 saturated heterocycles. The van der Waals surface area contributed by atoms with Crippen LogP contribution in [0, 0.1) is 23.2 Å². The summed E-state index contributed by atoms with van der Waals surface area (Å²) in [6.07, 6.45) is 14.0. The maximum absolute atomic E-state index is 6.16. The van der Waals surface area contributed by atoms with Crippen molar-refractivity contribution in [3.8, 4) is 0 Å². The predicted molar refractivity (Wildman–Crippen MR) is 64.2 cm³/mol. The first-order chi connectivity index (χ1) is 7.84. The number of rotatable bonds is 1. The van der Waals surface area contributed by atoms with Gasteiger partial charge in [0.25, 0.3) is 0 Å². The van der Waals surface area contributed by atoms with E-state index < -0.39 is 0 Å². The van der Waals surface area contributed by atoms with Crippen LogP contribution in [-0.4, -0.2) is 12.7 Å². The monoisotopic (exact) mass is 220 g/mol. The van der Waals surface area contributed by atoms with Gasteiger partial charge in [-0.25, -0.2) is 0 Å². The molecule has 4 saturated carbocycles. The molecule has 0 spiro atoms. The Hall–Kier alpha value is -0.0400. The van der Waals surface area contributed by atoms with Crippen LogP contribution in [0.15, 0.2) is 0 Å². The van der Waals surface area contributed by atoms with E-state index in [1.165, 1.54) is 38.5 Å². The van der Waals surface area contributed by atoms with E-state index in [2.05, 4.69) is 0 Å². The van der Waals surface area contributed by atoms with E-state index in [9.17, 15) is 0 Å². The zero-order chi connectivity index (χ0) is 10.6. The van der Waals surface area contributed by atoms with Crippen LogP contribution < -0.4 is 0 Å². The normalized spacial score (nSPS) is 55.5. The van der Waals surface area contributed by atoms with E-state index in [4.69, 9.17) is 4.74 Å². The van der Waals surface area contributed by atoms with E-state index in [-0.39, 0.29) is 0 Å². The molecular weight excluding hydrogens is 196 g/mol. The van der Waals surface area contributed by atoms with Crippen LogP contribution in [0.1, 0.15) is 57.8 Å². The van der Waals surface area contributed by atoms with Crippen molar-refractivity contribution in [2.75, 3.05) is 6.61 Å². The van der Waals surface area contributed by atoms with E-state index in [1.807, 2.05) is 0 Å². The van der Waals surface area contributed by atoms with E-state index in [1.54, 1.807) is 19.3 Å². The zero-order valence-corrected chi connectivity index (χ0v) is 10.3. The maximum Gasteiger partial charge on any atom is 0.0631 e. The molecule has 0 aromatic carbocycles. The fourth-order valence-corrected chi connectivity index (χ4v) is 5.80. The lowest BCUT2D eigenvalue weighted by Crippen LogP contribution is -2.53. The summed E-state index contributed by atoms with van der Waals surface area (Å²) in [5.41, 5.74) is 0.648. The summed E-state index contributed by atoms with van der Waals surface area (Å²) in [5.74, 6) is 3.24. The fourth-order valence-electron chi connectivity index (χ4n) is 5.80. The maximum atomic E-state index is 6.16. The molecule has 0 amide bonds. The molecule has 1 unspecified atom stereocenters.